The van der Waals surface area contributed by atoms with E-state index in [1.165, 1.54) is 0 Å². The van der Waals surface area contributed by atoms with Gasteiger partial charge in [-0.05, 0) is 18.2 Å². The number of aromatic nitrogens is 5. The fourth-order valence-electron chi connectivity index (χ4n) is 2.59. The summed E-state index contributed by atoms with van der Waals surface area (Å²) in [6, 6.07) is 5.84. The van der Waals surface area contributed by atoms with E-state index >= 15 is 0 Å². The zero-order chi connectivity index (χ0) is 15.5. The van der Waals surface area contributed by atoms with E-state index in [0.29, 0.717) is 0 Å². The third kappa shape index (κ3) is 2.98. The molecule has 1 aliphatic heterocycles. The van der Waals surface area contributed by atoms with E-state index in [1.54, 1.807) is 29.2 Å². The molecule has 3 aromatic heterocycles. The van der Waals surface area contributed by atoms with Crippen LogP contribution in [0.15, 0.2) is 42.3 Å². The number of rotatable bonds is 3. The Morgan fingerprint density at radius 1 is 0.913 bits per heavy atom. The van der Waals surface area contributed by atoms with Gasteiger partial charge in [0, 0.05) is 50.3 Å². The van der Waals surface area contributed by atoms with Gasteiger partial charge in [0.25, 0.3) is 0 Å². The van der Waals surface area contributed by atoms with Crippen molar-refractivity contribution in [3.05, 3.63) is 42.3 Å². The van der Waals surface area contributed by atoms with E-state index in [4.69, 9.17) is 4.98 Å². The van der Waals surface area contributed by atoms with Crippen LogP contribution in [0.5, 0.6) is 0 Å². The topological polar surface area (TPSA) is 70.9 Å². The first-order valence-corrected chi connectivity index (χ1v) is 8.27. The molecule has 0 aliphatic carbocycles. The molecular weight excluding hydrogens is 310 g/mol. The molecule has 0 radical (unpaired) electrons. The fourth-order valence-corrected chi connectivity index (χ4v) is 3.20. The molecule has 23 heavy (non-hydrogen) atoms. The minimum atomic E-state index is 0.774. The summed E-state index contributed by atoms with van der Waals surface area (Å²) in [5.74, 6) is 0.774. The van der Waals surface area contributed by atoms with Gasteiger partial charge in [-0.3, -0.25) is 4.98 Å². The van der Waals surface area contributed by atoms with Crippen LogP contribution in [0.25, 0.3) is 11.3 Å². The first-order valence-electron chi connectivity index (χ1n) is 7.40. The molecule has 1 aliphatic rings. The fraction of sp³-hybridized carbons (Fsp3) is 0.267. The summed E-state index contributed by atoms with van der Waals surface area (Å²) in [6.45, 7) is 3.55. The van der Waals surface area contributed by atoms with Crippen LogP contribution in [0, 0.1) is 0 Å². The monoisotopic (exact) mass is 325 g/mol. The minimum Gasteiger partial charge on any atom is -0.343 e. The lowest BCUT2D eigenvalue weighted by molar-refractivity contribution is 0.637. The van der Waals surface area contributed by atoms with E-state index in [1.807, 2.05) is 24.4 Å². The zero-order valence-corrected chi connectivity index (χ0v) is 13.2. The maximum atomic E-state index is 4.70. The number of pyridine rings is 1. The van der Waals surface area contributed by atoms with Crippen LogP contribution in [-0.4, -0.2) is 51.3 Å². The molecule has 7 nitrogen and oxygen atoms in total. The highest BCUT2D eigenvalue weighted by Gasteiger charge is 2.21. The standard InChI is InChI=1S/C15H15N7S/c1-4-16-5-2-12(1)13-3-6-17-14(19-13)21-7-9-22(10-8-21)15-20-18-11-23-15/h1-6,11H,7-10H2. The van der Waals surface area contributed by atoms with Crippen molar-refractivity contribution in [2.75, 3.05) is 36.0 Å². The van der Waals surface area contributed by atoms with Gasteiger partial charge >= 0.3 is 0 Å². The molecule has 4 rings (SSSR count). The summed E-state index contributed by atoms with van der Waals surface area (Å²) in [5.41, 5.74) is 3.74. The lowest BCUT2D eigenvalue weighted by Gasteiger charge is -2.34. The van der Waals surface area contributed by atoms with Gasteiger partial charge in [0.2, 0.25) is 11.1 Å². The summed E-state index contributed by atoms with van der Waals surface area (Å²) in [4.78, 5) is 17.6. The first kappa shape index (κ1) is 14.0. The Labute approximate surface area is 137 Å². The van der Waals surface area contributed by atoms with Crippen molar-refractivity contribution in [3.63, 3.8) is 0 Å². The Balaban J connectivity index is 1.49. The Morgan fingerprint density at radius 2 is 1.70 bits per heavy atom. The summed E-state index contributed by atoms with van der Waals surface area (Å²) < 4.78 is 0. The van der Waals surface area contributed by atoms with Crippen molar-refractivity contribution in [3.8, 4) is 11.3 Å². The summed E-state index contributed by atoms with van der Waals surface area (Å²) in [7, 11) is 0. The molecule has 0 amide bonds. The zero-order valence-electron chi connectivity index (χ0n) is 12.4. The van der Waals surface area contributed by atoms with Crippen LogP contribution in [0.4, 0.5) is 11.1 Å². The van der Waals surface area contributed by atoms with Gasteiger partial charge in [0.05, 0.1) is 5.69 Å². The van der Waals surface area contributed by atoms with Crippen LogP contribution in [-0.2, 0) is 0 Å². The van der Waals surface area contributed by atoms with Crippen LogP contribution in [0.3, 0.4) is 0 Å². The highest BCUT2D eigenvalue weighted by Crippen LogP contribution is 2.21. The van der Waals surface area contributed by atoms with Gasteiger partial charge < -0.3 is 9.80 Å². The molecule has 4 heterocycles. The average molecular weight is 325 g/mol. The highest BCUT2D eigenvalue weighted by molar-refractivity contribution is 7.13. The first-order chi connectivity index (χ1) is 11.4. The number of anilines is 2. The van der Waals surface area contributed by atoms with Crippen molar-refractivity contribution < 1.29 is 0 Å². The van der Waals surface area contributed by atoms with E-state index in [9.17, 15) is 0 Å². The van der Waals surface area contributed by atoms with Crippen molar-refractivity contribution in [2.24, 2.45) is 0 Å². The maximum Gasteiger partial charge on any atom is 0.225 e. The average Bonchev–Trinajstić information content (AvgIpc) is 3.17. The lowest BCUT2D eigenvalue weighted by atomic mass is 10.2. The van der Waals surface area contributed by atoms with E-state index in [2.05, 4.69) is 30.0 Å². The number of nitrogens with zero attached hydrogens (tertiary/aromatic N) is 7. The largest absolute Gasteiger partial charge is 0.343 e. The van der Waals surface area contributed by atoms with E-state index in [0.717, 1.165) is 48.5 Å². The lowest BCUT2D eigenvalue weighted by Crippen LogP contribution is -2.47. The molecule has 0 unspecified atom stereocenters. The van der Waals surface area contributed by atoms with Crippen LogP contribution >= 0.6 is 11.3 Å². The molecule has 3 aromatic rings. The van der Waals surface area contributed by atoms with Crippen molar-refractivity contribution in [1.29, 1.82) is 0 Å². The molecule has 0 atom stereocenters. The Bertz CT molecular complexity index is 755. The second kappa shape index (κ2) is 6.25. The summed E-state index contributed by atoms with van der Waals surface area (Å²) in [6.07, 6.45) is 5.37. The SMILES string of the molecule is c1cc(-c2ccnc(N3CCN(c4nncs4)CC3)n2)ccn1. The van der Waals surface area contributed by atoms with Gasteiger partial charge in [0.1, 0.15) is 5.51 Å². The quantitative estimate of drug-likeness (QED) is 0.726. The summed E-state index contributed by atoms with van der Waals surface area (Å²) in [5, 5.41) is 9.02. The van der Waals surface area contributed by atoms with Gasteiger partial charge in [-0.25, -0.2) is 9.97 Å². The van der Waals surface area contributed by atoms with Gasteiger partial charge in [-0.15, -0.1) is 10.2 Å². The third-order valence-electron chi connectivity index (χ3n) is 3.80. The number of hydrogen-bond acceptors (Lipinski definition) is 8. The van der Waals surface area contributed by atoms with Gasteiger partial charge in [-0.2, -0.15) is 0 Å². The molecule has 0 spiro atoms. The Morgan fingerprint density at radius 3 is 2.43 bits per heavy atom. The Hall–Kier alpha value is -2.61. The molecule has 0 saturated carbocycles. The van der Waals surface area contributed by atoms with E-state index in [-0.39, 0.29) is 0 Å². The van der Waals surface area contributed by atoms with Gasteiger partial charge in [0.15, 0.2) is 0 Å². The second-order valence-electron chi connectivity index (χ2n) is 5.17. The molecule has 1 fully saturated rings. The predicted molar refractivity (Wildman–Crippen MR) is 89.6 cm³/mol. The summed E-state index contributed by atoms with van der Waals surface area (Å²) >= 11 is 1.57. The molecule has 8 heteroatoms. The molecule has 1 saturated heterocycles. The highest BCUT2D eigenvalue weighted by atomic mass is 32.1. The van der Waals surface area contributed by atoms with Crippen LogP contribution in [0.1, 0.15) is 0 Å². The van der Waals surface area contributed by atoms with E-state index < -0.39 is 0 Å². The minimum absolute atomic E-state index is 0.774. The normalized spacial score (nSPS) is 15.0. The van der Waals surface area contributed by atoms with Crippen LogP contribution < -0.4 is 9.80 Å². The molecule has 0 aromatic carbocycles. The second-order valence-corrected chi connectivity index (χ2v) is 5.98. The Kier molecular flexibility index (Phi) is 3.81. The van der Waals surface area contributed by atoms with Crippen LogP contribution in [0.2, 0.25) is 0 Å². The molecule has 0 N–H and O–H groups in total. The maximum absolute atomic E-state index is 4.70. The van der Waals surface area contributed by atoms with Gasteiger partial charge in [-0.1, -0.05) is 11.3 Å². The van der Waals surface area contributed by atoms with Crippen molar-refractivity contribution in [1.82, 2.24) is 25.1 Å². The molecule has 0 bridgehead atoms. The smallest absolute Gasteiger partial charge is 0.225 e. The van der Waals surface area contributed by atoms with Crippen molar-refractivity contribution >= 4 is 22.4 Å². The number of hydrogen-bond donors (Lipinski definition) is 0. The number of piperazine rings is 1. The predicted octanol–water partition coefficient (Wildman–Crippen LogP) is 1.72. The molecule has 116 valence electrons. The third-order valence-corrected chi connectivity index (χ3v) is 4.55. The molecular formula is C15H15N7S. The van der Waals surface area contributed by atoms with Crippen molar-refractivity contribution in [2.45, 2.75) is 0 Å².